The third-order valence-electron chi connectivity index (χ3n) is 7.54. The standard InChI is InChI=1S/4C5H7NO.4C4H8N.4CH6NP.8CH4N.4CHO2.4CH3.8V.8W/c4*7-5-6-3-1-2-4-6;4*1-2-4-5-3-1;4*1-2-3;8*1-2;4*2-1-3;;;;;;;;;;;;;;;;;;;;/h4*3H,1-2,4H2;4*3,5H,1-2,4H2;4*2H,3H2,1H3;8*2H,1H3;4*(H,2,3);4*1H3;;;;;;;;;;;;;;;;/q4*-2;4*-1;;;;;16*-1;8*+2;;;;;4*+2. The van der Waals surface area contributed by atoms with E-state index in [0.717, 1.165) is 77.5 Å². The summed E-state index contributed by atoms with van der Waals surface area (Å²) in [6.07, 6.45) is 26.1. The maximum Gasteiger partial charge on any atom is 2.00 e. The molecule has 4 unspecified atom stereocenters. The molecule has 640 valence electrons. The summed E-state index contributed by atoms with van der Waals surface area (Å²) in [4.78, 5) is 78.3. The van der Waals surface area contributed by atoms with Crippen molar-refractivity contribution in [3.63, 3.8) is 0 Å². The summed E-state index contributed by atoms with van der Waals surface area (Å²) in [5.74, 6) is 0. The van der Waals surface area contributed by atoms with E-state index >= 15 is 0 Å². The first-order chi connectivity index (χ1) is 43.0. The Morgan fingerprint density at radius 3 is 0.417 bits per heavy atom. The van der Waals surface area contributed by atoms with Crippen molar-refractivity contribution < 1.29 is 376 Å². The molecule has 52 heteroatoms. The van der Waals surface area contributed by atoms with Gasteiger partial charge >= 0.3 is 233 Å². The number of hydrogen-bond acceptors (Lipinski definition) is 16. The van der Waals surface area contributed by atoms with Gasteiger partial charge in [0.25, 0.3) is 0 Å². The van der Waals surface area contributed by atoms with Gasteiger partial charge in [-0.1, -0.05) is 115 Å². The van der Waals surface area contributed by atoms with Gasteiger partial charge in [0.2, 0.25) is 0 Å². The van der Waals surface area contributed by atoms with Crippen LogP contribution >= 0.6 is 37.6 Å². The van der Waals surface area contributed by atoms with Gasteiger partial charge in [-0.3, -0.25) is 52.4 Å². The van der Waals surface area contributed by atoms with Crippen LogP contribution in [0.3, 0.4) is 0 Å². The fraction of sp³-hybridized carbons (Fsp3) is 0.643. The van der Waals surface area contributed by atoms with Crippen molar-refractivity contribution in [1.29, 1.82) is 0 Å². The Balaban J connectivity index is -0.0000000148. The van der Waals surface area contributed by atoms with Gasteiger partial charge in [0.05, 0.1) is 0 Å². The number of carbonyl (C=O) groups excluding carboxylic acids is 4. The van der Waals surface area contributed by atoms with Crippen LogP contribution in [0.1, 0.15) is 103 Å². The zero-order valence-corrected chi connectivity index (χ0v) is 105. The Hall–Kier alpha value is 7.02. The largest absolute Gasteiger partial charge is 2.00 e. The number of nitrogens with zero attached hydrogens (tertiary/aromatic N) is 4. The Morgan fingerprint density at radius 1 is 0.287 bits per heavy atom. The van der Waals surface area contributed by atoms with E-state index in [0.29, 0.717) is 25.9 Å². The second-order valence-corrected chi connectivity index (χ2v) is 15.5. The fourth-order valence-corrected chi connectivity index (χ4v) is 4.77. The molecule has 0 bridgehead atoms. The van der Waals surface area contributed by atoms with Gasteiger partial charge in [0, 0.05) is 84.3 Å². The van der Waals surface area contributed by atoms with E-state index in [-0.39, 0.29) is 347 Å². The molecule has 0 aromatic rings. The smallest absolute Gasteiger partial charge is 0.680 e. The number of nitrogens with one attached hydrogen (secondary N) is 16. The van der Waals surface area contributed by atoms with Gasteiger partial charge in [-0.25, -0.2) is 0 Å². The molecular formula is C56H132N20O12P4V8W8-4. The number of rotatable bonds is 4. The third kappa shape index (κ3) is 357. The van der Waals surface area contributed by atoms with Gasteiger partial charge in [0.1, 0.15) is 0 Å². The summed E-state index contributed by atoms with van der Waals surface area (Å²) in [6, 6.07) is 0. The molecular weight excluding hydrogens is 3150 g/mol. The molecule has 0 aromatic carbocycles. The zero-order valence-electron chi connectivity index (χ0n) is 65.6. The molecule has 32 nitrogen and oxygen atoms in total. The van der Waals surface area contributed by atoms with Crippen LogP contribution in [0.4, 0.5) is 0 Å². The molecule has 4 amide bonds. The van der Waals surface area contributed by atoms with E-state index in [4.69, 9.17) is 85.5 Å². The fourth-order valence-electron chi connectivity index (χ4n) is 4.77. The van der Waals surface area contributed by atoms with Crippen LogP contribution in [0.25, 0.3) is 45.9 Å². The van der Waals surface area contributed by atoms with Crippen molar-refractivity contribution in [3.05, 3.63) is 128 Å². The van der Waals surface area contributed by atoms with Crippen LogP contribution in [0, 0.1) is 82.1 Å². The summed E-state index contributed by atoms with van der Waals surface area (Å²) in [6.45, 7) is 26.2. The van der Waals surface area contributed by atoms with Crippen LogP contribution in [0.2, 0.25) is 0 Å². The van der Waals surface area contributed by atoms with Gasteiger partial charge in [-0.15, -0.1) is 0 Å². The predicted octanol–water partition coefficient (Wildman–Crippen LogP) is 8.91. The average Bonchev–Trinajstić information content (AvgIpc) is 1.99. The van der Waals surface area contributed by atoms with E-state index in [2.05, 4.69) is 105 Å². The minimum atomic E-state index is 0. The SMILES string of the molecule is CNP.CNP.CNP.CNP.C[NH-].C[NH-].C[NH-].C[NH-].C[NH-].C[NH-].C[NH-].C[NH-].O=[C-]N1[CH-]CCC1.O=[C-]N1[CH-]CCC1.O=[C-]N1[CH-]CCC1.O=[C-]N1[CH-]CCC1.O=[C-]O.O=[C-]O.O=[C-]O.O=[C-]O.[CH-]1CCCN1.[CH-]1CCCN1.[CH-]1CCCN1.[CH-]1CCCN1.[CH3-].[CH3-].[CH3-].[CH3-].[V+2].[V+2].[V+2].[V+2].[V+2].[V+2].[V+2].[V+2].[W+2].[W+2].[W+2].[W+2].[W].[W].[W].[W]. The maximum absolute atomic E-state index is 9.78. The Kier molecular flexibility index (Phi) is 719. The topological polar surface area (TPSA) is 517 Å². The molecule has 8 saturated heterocycles. The minimum absolute atomic E-state index is 0. The molecule has 0 aliphatic carbocycles. The van der Waals surface area contributed by atoms with Crippen molar-refractivity contribution in [1.82, 2.24) is 61.2 Å². The number of hydrogen-bond donors (Lipinski definition) is 12. The minimum Gasteiger partial charge on any atom is -0.680 e. The number of aliphatic hydroxyl groups excluding tert-OH is 4. The molecule has 8 heterocycles. The number of amides is 4. The molecule has 8 rings (SSSR count). The van der Waals surface area contributed by atoms with Crippen LogP contribution in [0.5, 0.6) is 0 Å². The van der Waals surface area contributed by atoms with Crippen LogP contribution in [0.15, 0.2) is 0 Å². The molecule has 0 spiro atoms. The summed E-state index contributed by atoms with van der Waals surface area (Å²) < 4.78 is 0. The first-order valence-electron chi connectivity index (χ1n) is 26.7. The first-order valence-corrected chi connectivity index (χ1v) is 29.0. The number of likely N-dealkylation sites (tertiary alicyclic amines) is 4. The molecule has 8 aliphatic heterocycles. The van der Waals surface area contributed by atoms with Gasteiger partial charge in [0.15, 0.2) is 0 Å². The second-order valence-electron chi connectivity index (χ2n) is 13.2. The molecule has 0 aromatic heterocycles. The van der Waals surface area contributed by atoms with Crippen molar-refractivity contribution in [2.75, 3.05) is 137 Å². The van der Waals surface area contributed by atoms with Gasteiger partial charge < -0.3 is 196 Å². The summed E-state index contributed by atoms with van der Waals surface area (Å²) in [5, 5.41) is 50.1. The monoisotopic (exact) mass is 3280 g/mol. The maximum atomic E-state index is 9.78. The third-order valence-corrected chi connectivity index (χ3v) is 7.54. The Bertz CT molecular complexity index is 930. The van der Waals surface area contributed by atoms with E-state index in [9.17, 15) is 19.2 Å². The zero-order chi connectivity index (χ0) is 72.3. The molecule has 20 N–H and O–H groups in total. The van der Waals surface area contributed by atoms with E-state index < -0.39 is 0 Å². The van der Waals surface area contributed by atoms with Gasteiger partial charge in [-0.2, -0.15) is 133 Å². The molecule has 0 saturated carbocycles. The van der Waals surface area contributed by atoms with Crippen molar-refractivity contribution in [2.24, 2.45) is 0 Å². The first kappa shape index (κ1) is 239. The molecule has 4 atom stereocenters. The Labute approximate surface area is 881 Å². The van der Waals surface area contributed by atoms with Crippen molar-refractivity contribution >= 4 is 89.1 Å². The second kappa shape index (κ2) is 324. The van der Waals surface area contributed by atoms with Crippen molar-refractivity contribution in [2.45, 2.75) is 103 Å². The molecule has 108 heavy (non-hydrogen) atoms. The molecule has 8 aliphatic rings. The van der Waals surface area contributed by atoms with Crippen molar-refractivity contribution in [3.8, 4) is 0 Å². The average molecular weight is 3280 g/mol. The van der Waals surface area contributed by atoms with Gasteiger partial charge in [-0.05, 0) is 80.5 Å². The summed E-state index contributed by atoms with van der Waals surface area (Å²) >= 11 is 0. The summed E-state index contributed by atoms with van der Waals surface area (Å²) in [5.41, 5.74) is 46.0. The van der Waals surface area contributed by atoms with E-state index in [1.54, 1.807) is 45.2 Å². The van der Waals surface area contributed by atoms with E-state index in [1.807, 2.05) is 54.4 Å². The molecule has 8 radical (unpaired) electrons. The Morgan fingerprint density at radius 2 is 0.389 bits per heavy atom. The summed E-state index contributed by atoms with van der Waals surface area (Å²) in [7, 11) is 26.7. The van der Waals surface area contributed by atoms with Crippen LogP contribution in [-0.4, -0.2) is 228 Å². The normalized spacial score (nSPS) is 11.3. The predicted molar refractivity (Wildman–Crippen MR) is 406 cm³/mol. The van der Waals surface area contributed by atoms with Crippen LogP contribution in [-0.2, 0) is 355 Å². The van der Waals surface area contributed by atoms with Crippen LogP contribution < -0.4 is 41.6 Å². The molecule has 8 fully saturated rings. The quantitative estimate of drug-likeness (QED) is 0.0922. The van der Waals surface area contributed by atoms with E-state index in [1.165, 1.54) is 134 Å².